The van der Waals surface area contributed by atoms with E-state index in [9.17, 15) is 4.79 Å². The van der Waals surface area contributed by atoms with Crippen molar-refractivity contribution in [2.75, 3.05) is 19.7 Å². The van der Waals surface area contributed by atoms with E-state index in [0.717, 1.165) is 42.0 Å². The van der Waals surface area contributed by atoms with Crippen molar-refractivity contribution < 1.29 is 23.5 Å². The Morgan fingerprint density at radius 3 is 2.55 bits per heavy atom. The molecule has 10 nitrogen and oxygen atoms in total. The highest BCUT2D eigenvalue weighted by atomic mass is 16.7. The monoisotopic (exact) mass is 547 g/mol. The molecule has 0 radical (unpaired) electrons. The van der Waals surface area contributed by atoms with Gasteiger partial charge in [-0.05, 0) is 29.7 Å². The highest BCUT2D eigenvalue weighted by Gasteiger charge is 2.42. The van der Waals surface area contributed by atoms with Gasteiger partial charge >= 0.3 is 6.09 Å². The second kappa shape index (κ2) is 12.9. The Labute approximate surface area is 234 Å². The predicted octanol–water partition coefficient (Wildman–Crippen LogP) is 5.18. The zero-order valence-corrected chi connectivity index (χ0v) is 23.2. The van der Waals surface area contributed by atoms with Gasteiger partial charge in [-0.3, -0.25) is 0 Å². The van der Waals surface area contributed by atoms with Crippen molar-refractivity contribution in [1.82, 2.24) is 20.3 Å². The van der Waals surface area contributed by atoms with Gasteiger partial charge in [-0.1, -0.05) is 55.8 Å². The number of hydrogen-bond donors (Lipinski definition) is 1. The van der Waals surface area contributed by atoms with E-state index >= 15 is 0 Å². The van der Waals surface area contributed by atoms with Crippen molar-refractivity contribution in [1.29, 1.82) is 0 Å². The number of ether oxygens (including phenoxy) is 2. The topological polar surface area (TPSA) is 102 Å². The second-order valence-corrected chi connectivity index (χ2v) is 10.2. The van der Waals surface area contributed by atoms with Crippen LogP contribution in [0.2, 0.25) is 0 Å². The van der Waals surface area contributed by atoms with E-state index < -0.39 is 5.72 Å². The number of unbranched alkanes of at least 4 members (excludes halogenated alkanes) is 1. The number of carbonyl (C=O) groups is 1. The van der Waals surface area contributed by atoms with Gasteiger partial charge in [0.1, 0.15) is 18.6 Å². The van der Waals surface area contributed by atoms with Crippen LogP contribution < -0.4 is 10.2 Å². The maximum atomic E-state index is 12.6. The largest absolute Gasteiger partial charge is 0.494 e. The summed E-state index contributed by atoms with van der Waals surface area (Å²) in [6, 6.07) is 17.8. The van der Waals surface area contributed by atoms with Crippen LogP contribution >= 0.6 is 0 Å². The van der Waals surface area contributed by atoms with Crippen LogP contribution in [0.4, 0.5) is 4.79 Å². The summed E-state index contributed by atoms with van der Waals surface area (Å²) in [6.07, 6.45) is 4.60. The van der Waals surface area contributed by atoms with Crippen molar-refractivity contribution in [3.63, 3.8) is 0 Å². The van der Waals surface area contributed by atoms with Crippen LogP contribution in [0, 0.1) is 6.92 Å². The lowest BCUT2D eigenvalue weighted by Crippen LogP contribution is -2.46. The number of nitrogens with one attached hydrogen (secondary N) is 1. The minimum Gasteiger partial charge on any atom is -0.494 e. The van der Waals surface area contributed by atoms with Crippen LogP contribution in [0.3, 0.4) is 0 Å². The number of amides is 1. The Morgan fingerprint density at radius 1 is 1.07 bits per heavy atom. The molecule has 1 saturated heterocycles. The third kappa shape index (κ3) is 7.12. The van der Waals surface area contributed by atoms with E-state index in [4.69, 9.17) is 23.7 Å². The summed E-state index contributed by atoms with van der Waals surface area (Å²) < 4.78 is 16.8. The molecule has 0 aliphatic carbocycles. The Kier molecular flexibility index (Phi) is 8.85. The van der Waals surface area contributed by atoms with E-state index in [0.29, 0.717) is 50.9 Å². The van der Waals surface area contributed by atoms with Gasteiger partial charge in [-0.2, -0.15) is 0 Å². The number of likely N-dealkylation sites (tertiary alicyclic amines) is 1. The number of piperidine rings is 1. The van der Waals surface area contributed by atoms with Gasteiger partial charge in [0.25, 0.3) is 0 Å². The molecule has 1 spiro atoms. The quantitative estimate of drug-likeness (QED) is 0.346. The van der Waals surface area contributed by atoms with Crippen molar-refractivity contribution in [3.8, 4) is 5.75 Å². The number of rotatable bonds is 10. The highest BCUT2D eigenvalue weighted by Crippen LogP contribution is 2.31. The molecule has 0 unspecified atom stereocenters. The summed E-state index contributed by atoms with van der Waals surface area (Å²) in [7, 11) is 0. The Hall–Kier alpha value is -4.05. The smallest absolute Gasteiger partial charge is 0.410 e. The summed E-state index contributed by atoms with van der Waals surface area (Å²) in [6.45, 7) is 7.02. The summed E-state index contributed by atoms with van der Waals surface area (Å²) in [4.78, 5) is 31.9. The molecule has 2 aliphatic heterocycles. The molecule has 1 fully saturated rings. The number of oxazole rings is 1. The summed E-state index contributed by atoms with van der Waals surface area (Å²) >= 11 is 0. The number of benzene rings is 2. The lowest BCUT2D eigenvalue weighted by atomic mass is 10.0. The number of aromatic nitrogens is 1. The summed E-state index contributed by atoms with van der Waals surface area (Å²) in [5.41, 5.74) is 5.19. The van der Waals surface area contributed by atoms with Crippen LogP contribution in [-0.4, -0.2) is 52.3 Å². The number of guanidine groups is 1. The molecule has 1 aromatic heterocycles. The first kappa shape index (κ1) is 27.5. The lowest BCUT2D eigenvalue weighted by Gasteiger charge is -2.34. The zero-order chi connectivity index (χ0) is 27.8. The van der Waals surface area contributed by atoms with Crippen LogP contribution in [-0.2, 0) is 29.3 Å². The molecule has 0 bridgehead atoms. The molecule has 2 aromatic carbocycles. The Morgan fingerprint density at radius 2 is 1.85 bits per heavy atom. The third-order valence-corrected chi connectivity index (χ3v) is 7.03. The molecule has 0 saturated carbocycles. The molecule has 0 atom stereocenters. The first-order valence-electron chi connectivity index (χ1n) is 13.9. The predicted molar refractivity (Wildman–Crippen MR) is 149 cm³/mol. The number of nitrogens with zero attached hydrogens (tertiary/aromatic N) is 4. The maximum Gasteiger partial charge on any atom is 0.410 e. The van der Waals surface area contributed by atoms with Crippen LogP contribution in [0.5, 0.6) is 5.75 Å². The van der Waals surface area contributed by atoms with Crippen LogP contribution in [0.25, 0.3) is 0 Å². The van der Waals surface area contributed by atoms with Gasteiger partial charge in [0.05, 0.1) is 18.8 Å². The van der Waals surface area contributed by atoms with Crippen molar-refractivity contribution in [3.05, 3.63) is 83.6 Å². The van der Waals surface area contributed by atoms with Gasteiger partial charge in [0, 0.05) is 39.4 Å². The van der Waals surface area contributed by atoms with Crippen molar-refractivity contribution in [2.45, 2.75) is 65.0 Å². The van der Waals surface area contributed by atoms with Crippen molar-refractivity contribution in [2.24, 2.45) is 4.99 Å². The molecule has 212 valence electrons. The average Bonchev–Trinajstić information content (AvgIpc) is 3.59. The first-order valence-corrected chi connectivity index (χ1v) is 13.9. The summed E-state index contributed by atoms with van der Waals surface area (Å²) in [5.74, 6) is 2.11. The Balaban J connectivity index is 1.22. The molecular formula is C30H37N5O5. The molecular weight excluding hydrogens is 510 g/mol. The fraction of sp³-hybridized carbons (Fsp3) is 0.433. The number of aryl methyl sites for hydroxylation is 1. The minimum absolute atomic E-state index is 0.254. The highest BCUT2D eigenvalue weighted by molar-refractivity contribution is 5.80. The number of hydrogen-bond acceptors (Lipinski definition) is 9. The van der Waals surface area contributed by atoms with Gasteiger partial charge in [-0.25, -0.2) is 25.1 Å². The van der Waals surface area contributed by atoms with Gasteiger partial charge < -0.3 is 23.7 Å². The van der Waals surface area contributed by atoms with E-state index in [1.165, 1.54) is 0 Å². The average molecular weight is 548 g/mol. The number of hydroxylamine groups is 1. The van der Waals surface area contributed by atoms with E-state index in [1.807, 2.05) is 49.4 Å². The molecule has 40 heavy (non-hydrogen) atoms. The first-order chi connectivity index (χ1) is 19.5. The third-order valence-electron chi connectivity index (χ3n) is 7.03. The fourth-order valence-corrected chi connectivity index (χ4v) is 4.71. The zero-order valence-electron chi connectivity index (χ0n) is 23.2. The molecule has 2 aliphatic rings. The fourth-order valence-electron chi connectivity index (χ4n) is 4.71. The minimum atomic E-state index is -0.736. The summed E-state index contributed by atoms with van der Waals surface area (Å²) in [5, 5.41) is 0. The van der Waals surface area contributed by atoms with Gasteiger partial charge in [-0.15, -0.1) is 0 Å². The van der Waals surface area contributed by atoms with Gasteiger partial charge in [0.15, 0.2) is 11.6 Å². The Bertz CT molecular complexity index is 1270. The van der Waals surface area contributed by atoms with E-state index in [1.54, 1.807) is 11.2 Å². The number of aliphatic imine (C=N–C) groups is 1. The number of carbonyl (C=O) groups excluding carboxylic acids is 1. The molecule has 3 aromatic rings. The maximum absolute atomic E-state index is 12.6. The second-order valence-electron chi connectivity index (χ2n) is 10.2. The normalized spacial score (nSPS) is 15.9. The molecule has 10 heteroatoms. The SMILES string of the molecule is CCCCOc1ccc(CN(Cc2coc(C)n2)C2=NC3(CCN(C(=O)OCc4ccccc4)CC3)ON2)cc1. The molecule has 5 rings (SSSR count). The molecule has 1 amide bonds. The van der Waals surface area contributed by atoms with Crippen LogP contribution in [0.15, 0.2) is 70.3 Å². The molecule has 3 heterocycles. The van der Waals surface area contributed by atoms with Crippen molar-refractivity contribution >= 4 is 12.1 Å². The van der Waals surface area contributed by atoms with E-state index in [-0.39, 0.29) is 12.7 Å². The lowest BCUT2D eigenvalue weighted by molar-refractivity contribution is -0.0881. The standard InChI is InChI=1S/C30H37N5O5/c1-3-4-18-37-27-12-10-24(11-13-27)19-35(20-26-22-38-23(2)31-26)28-32-30(40-33-28)14-16-34(17-15-30)29(36)39-21-25-8-6-5-7-9-25/h5-13,22H,3-4,14-21H2,1-2H3,(H,32,33). The van der Waals surface area contributed by atoms with E-state index in [2.05, 4.69) is 34.4 Å². The van der Waals surface area contributed by atoms with Crippen LogP contribution in [0.1, 0.15) is 55.3 Å². The molecule has 1 N–H and O–H groups in total. The van der Waals surface area contributed by atoms with Gasteiger partial charge in [0.2, 0.25) is 5.96 Å².